The second kappa shape index (κ2) is 6.66. The Balaban J connectivity index is 1.98. The summed E-state index contributed by atoms with van der Waals surface area (Å²) in [5, 5.41) is 8.61. The van der Waals surface area contributed by atoms with Crippen molar-refractivity contribution in [3.8, 4) is 0 Å². The summed E-state index contributed by atoms with van der Waals surface area (Å²) in [5.74, 6) is 0.929. The molecule has 0 saturated heterocycles. The number of aryl methyl sites for hydroxylation is 2. The maximum absolute atomic E-state index is 6.07. The fraction of sp³-hybridized carbons (Fsp3) is 0.400. The molecule has 0 radical (unpaired) electrons. The second-order valence-electron chi connectivity index (χ2n) is 4.87. The lowest BCUT2D eigenvalue weighted by atomic mass is 10.1. The quantitative estimate of drug-likeness (QED) is 0.857. The number of hydrogen-bond donors (Lipinski definition) is 2. The van der Waals surface area contributed by atoms with Crippen molar-refractivity contribution in [1.29, 1.82) is 0 Å². The Morgan fingerprint density at radius 1 is 1.30 bits per heavy atom. The first kappa shape index (κ1) is 14.7. The topological polar surface area (TPSA) is 55.9 Å². The lowest BCUT2D eigenvalue weighted by Gasteiger charge is -2.10. The Morgan fingerprint density at radius 2 is 2.00 bits per heavy atom. The standard InChI is InChI=1S/C15H21ClN4/c1-3-10-20-15(14(17)11(2)19-20)18-9-8-12-4-6-13(16)7-5-12/h4-7,18H,3,8-10,17H2,1-2H3. The zero-order valence-electron chi connectivity index (χ0n) is 12.0. The predicted octanol–water partition coefficient (Wildman–Crippen LogP) is 3.49. The molecule has 0 atom stereocenters. The minimum Gasteiger partial charge on any atom is -0.394 e. The van der Waals surface area contributed by atoms with Crippen LogP contribution in [0.3, 0.4) is 0 Å². The van der Waals surface area contributed by atoms with E-state index in [-0.39, 0.29) is 0 Å². The average Bonchev–Trinajstić information content (AvgIpc) is 2.69. The van der Waals surface area contributed by atoms with E-state index in [2.05, 4.69) is 17.3 Å². The molecule has 2 rings (SSSR count). The number of nitrogen functional groups attached to an aromatic ring is 1. The third-order valence-corrected chi connectivity index (χ3v) is 3.48. The zero-order chi connectivity index (χ0) is 14.5. The van der Waals surface area contributed by atoms with Gasteiger partial charge in [0.15, 0.2) is 0 Å². The van der Waals surface area contributed by atoms with Crippen molar-refractivity contribution in [2.24, 2.45) is 0 Å². The number of halogens is 1. The zero-order valence-corrected chi connectivity index (χ0v) is 12.7. The summed E-state index contributed by atoms with van der Waals surface area (Å²) < 4.78 is 1.95. The van der Waals surface area contributed by atoms with Crippen LogP contribution in [0.15, 0.2) is 24.3 Å². The highest BCUT2D eigenvalue weighted by Crippen LogP contribution is 2.22. The van der Waals surface area contributed by atoms with Crippen LogP contribution in [0.5, 0.6) is 0 Å². The van der Waals surface area contributed by atoms with Gasteiger partial charge in [0.05, 0.1) is 11.4 Å². The molecule has 0 aliphatic heterocycles. The molecule has 0 spiro atoms. The molecular weight excluding hydrogens is 272 g/mol. The van der Waals surface area contributed by atoms with Crippen molar-refractivity contribution >= 4 is 23.1 Å². The van der Waals surface area contributed by atoms with Crippen molar-refractivity contribution in [2.45, 2.75) is 33.2 Å². The molecular formula is C15H21ClN4. The molecule has 1 aromatic carbocycles. The van der Waals surface area contributed by atoms with Gasteiger partial charge >= 0.3 is 0 Å². The van der Waals surface area contributed by atoms with Gasteiger partial charge in [-0.05, 0) is 37.5 Å². The van der Waals surface area contributed by atoms with E-state index in [0.717, 1.165) is 48.2 Å². The first-order chi connectivity index (χ1) is 9.61. The van der Waals surface area contributed by atoms with E-state index in [1.165, 1.54) is 5.56 Å². The summed E-state index contributed by atoms with van der Waals surface area (Å²) in [7, 11) is 0. The smallest absolute Gasteiger partial charge is 0.148 e. The Bertz CT molecular complexity index is 560. The lowest BCUT2D eigenvalue weighted by Crippen LogP contribution is -2.12. The van der Waals surface area contributed by atoms with Crippen LogP contribution in [0.25, 0.3) is 0 Å². The van der Waals surface area contributed by atoms with Crippen molar-refractivity contribution in [3.63, 3.8) is 0 Å². The summed E-state index contributed by atoms with van der Waals surface area (Å²) >= 11 is 5.88. The van der Waals surface area contributed by atoms with E-state index >= 15 is 0 Å². The van der Waals surface area contributed by atoms with Gasteiger partial charge in [-0.1, -0.05) is 30.7 Å². The number of nitrogens with two attached hydrogens (primary N) is 1. The van der Waals surface area contributed by atoms with E-state index in [0.29, 0.717) is 0 Å². The number of hydrogen-bond acceptors (Lipinski definition) is 3. The third kappa shape index (κ3) is 3.45. The number of rotatable bonds is 6. The van der Waals surface area contributed by atoms with Crippen molar-refractivity contribution < 1.29 is 0 Å². The lowest BCUT2D eigenvalue weighted by molar-refractivity contribution is 0.603. The van der Waals surface area contributed by atoms with Crippen LogP contribution in [-0.4, -0.2) is 16.3 Å². The molecule has 1 aromatic heterocycles. The second-order valence-corrected chi connectivity index (χ2v) is 5.31. The molecule has 1 heterocycles. The Morgan fingerprint density at radius 3 is 2.65 bits per heavy atom. The minimum atomic E-state index is 0.745. The highest BCUT2D eigenvalue weighted by atomic mass is 35.5. The van der Waals surface area contributed by atoms with E-state index in [1.54, 1.807) is 0 Å². The number of benzene rings is 1. The van der Waals surface area contributed by atoms with Crippen LogP contribution in [-0.2, 0) is 13.0 Å². The SMILES string of the molecule is CCCn1nc(C)c(N)c1NCCc1ccc(Cl)cc1. The average molecular weight is 293 g/mol. The number of nitrogens with zero attached hydrogens (tertiary/aromatic N) is 2. The van der Waals surface area contributed by atoms with Gasteiger partial charge in [0.25, 0.3) is 0 Å². The fourth-order valence-electron chi connectivity index (χ4n) is 2.13. The molecule has 3 N–H and O–H groups in total. The molecule has 4 nitrogen and oxygen atoms in total. The normalized spacial score (nSPS) is 10.8. The van der Waals surface area contributed by atoms with E-state index in [1.807, 2.05) is 35.9 Å². The third-order valence-electron chi connectivity index (χ3n) is 3.23. The largest absolute Gasteiger partial charge is 0.394 e. The number of nitrogens with one attached hydrogen (secondary N) is 1. The van der Waals surface area contributed by atoms with Gasteiger partial charge in [-0.25, -0.2) is 4.68 Å². The van der Waals surface area contributed by atoms with Crippen molar-refractivity contribution in [2.75, 3.05) is 17.6 Å². The summed E-state index contributed by atoms with van der Waals surface area (Å²) in [6.07, 6.45) is 1.96. The van der Waals surface area contributed by atoms with Gasteiger partial charge in [0.1, 0.15) is 5.82 Å². The first-order valence-corrected chi connectivity index (χ1v) is 7.30. The molecule has 0 bridgehead atoms. The monoisotopic (exact) mass is 292 g/mol. The van der Waals surface area contributed by atoms with Crippen LogP contribution >= 0.6 is 11.6 Å². The summed E-state index contributed by atoms with van der Waals surface area (Å²) in [4.78, 5) is 0. The first-order valence-electron chi connectivity index (χ1n) is 6.93. The Kier molecular flexibility index (Phi) is 4.90. The highest BCUT2D eigenvalue weighted by Gasteiger charge is 2.11. The van der Waals surface area contributed by atoms with Crippen LogP contribution in [0.4, 0.5) is 11.5 Å². The van der Waals surface area contributed by atoms with E-state index in [4.69, 9.17) is 17.3 Å². The Labute approximate surface area is 124 Å². The molecule has 0 aliphatic rings. The summed E-state index contributed by atoms with van der Waals surface area (Å²) in [6, 6.07) is 7.91. The Hall–Kier alpha value is -1.68. The molecule has 0 unspecified atom stereocenters. The van der Waals surface area contributed by atoms with Crippen molar-refractivity contribution in [3.05, 3.63) is 40.5 Å². The summed E-state index contributed by atoms with van der Waals surface area (Å²) in [5.41, 5.74) is 8.95. The number of aromatic nitrogens is 2. The number of anilines is 2. The highest BCUT2D eigenvalue weighted by molar-refractivity contribution is 6.30. The fourth-order valence-corrected chi connectivity index (χ4v) is 2.26. The molecule has 0 saturated carbocycles. The van der Waals surface area contributed by atoms with E-state index < -0.39 is 0 Å². The molecule has 5 heteroatoms. The van der Waals surface area contributed by atoms with Crippen LogP contribution in [0.2, 0.25) is 5.02 Å². The van der Waals surface area contributed by atoms with Crippen molar-refractivity contribution in [1.82, 2.24) is 9.78 Å². The molecule has 0 amide bonds. The molecule has 2 aromatic rings. The molecule has 0 aliphatic carbocycles. The minimum absolute atomic E-state index is 0.745. The van der Waals surface area contributed by atoms with Gasteiger partial charge in [0, 0.05) is 18.1 Å². The summed E-state index contributed by atoms with van der Waals surface area (Å²) in [6.45, 7) is 5.76. The van der Waals surface area contributed by atoms with Gasteiger partial charge in [-0.15, -0.1) is 0 Å². The molecule has 20 heavy (non-hydrogen) atoms. The van der Waals surface area contributed by atoms with Gasteiger partial charge < -0.3 is 11.1 Å². The van der Waals surface area contributed by atoms with Gasteiger partial charge in [-0.3, -0.25) is 0 Å². The molecule has 108 valence electrons. The van der Waals surface area contributed by atoms with E-state index in [9.17, 15) is 0 Å². The van der Waals surface area contributed by atoms with Crippen LogP contribution < -0.4 is 11.1 Å². The van der Waals surface area contributed by atoms with Gasteiger partial charge in [0.2, 0.25) is 0 Å². The van der Waals surface area contributed by atoms with Crippen LogP contribution in [0, 0.1) is 6.92 Å². The maximum atomic E-state index is 6.07. The molecule has 0 fully saturated rings. The van der Waals surface area contributed by atoms with Gasteiger partial charge in [-0.2, -0.15) is 5.10 Å². The maximum Gasteiger partial charge on any atom is 0.148 e. The van der Waals surface area contributed by atoms with Crippen LogP contribution in [0.1, 0.15) is 24.6 Å². The predicted molar refractivity (Wildman–Crippen MR) is 85.3 cm³/mol.